The Morgan fingerprint density at radius 1 is 1.33 bits per heavy atom. The molecule has 0 atom stereocenters. The second kappa shape index (κ2) is 3.24. The normalized spacial score (nSPS) is 10.5. The lowest BCUT2D eigenvalue weighted by atomic mass is 10.1. The quantitative estimate of drug-likeness (QED) is 0.691. The third-order valence-electron chi connectivity index (χ3n) is 2.27. The first-order valence-corrected chi connectivity index (χ1v) is 4.48. The molecule has 0 fully saturated rings. The van der Waals surface area contributed by atoms with Gasteiger partial charge < -0.3 is 10.8 Å². The number of pyridine rings is 1. The molecule has 2 rings (SSSR count). The zero-order chi connectivity index (χ0) is 11.0. The molecule has 1 aromatic heterocycles. The van der Waals surface area contributed by atoms with E-state index in [4.69, 9.17) is 10.8 Å². The molecule has 76 valence electrons. The monoisotopic (exact) mass is 202 g/mol. The van der Waals surface area contributed by atoms with Crippen LogP contribution in [0.5, 0.6) is 0 Å². The smallest absolute Gasteiger partial charge is 0.337 e. The van der Waals surface area contributed by atoms with Crippen molar-refractivity contribution >= 4 is 22.6 Å². The minimum Gasteiger partial charge on any atom is -0.478 e. The number of hydrogen-bond acceptors (Lipinski definition) is 3. The maximum Gasteiger partial charge on any atom is 0.337 e. The minimum atomic E-state index is -1.03. The summed E-state index contributed by atoms with van der Waals surface area (Å²) in [6, 6.07) is 6.94. The summed E-state index contributed by atoms with van der Waals surface area (Å²) in [4.78, 5) is 15.1. The number of carboxylic acids is 1. The van der Waals surface area contributed by atoms with Crippen molar-refractivity contribution in [3.63, 3.8) is 0 Å². The summed E-state index contributed by atoms with van der Waals surface area (Å²) in [5, 5.41) is 9.74. The Morgan fingerprint density at radius 3 is 2.67 bits per heavy atom. The number of fused-ring (bicyclic) bond motifs is 1. The van der Waals surface area contributed by atoms with Crippen LogP contribution in [0, 0.1) is 6.92 Å². The molecule has 2 aromatic rings. The fourth-order valence-corrected chi connectivity index (χ4v) is 1.49. The van der Waals surface area contributed by atoms with Gasteiger partial charge in [0, 0.05) is 11.1 Å². The second-order valence-corrected chi connectivity index (χ2v) is 3.36. The minimum absolute atomic E-state index is 0.0978. The largest absolute Gasteiger partial charge is 0.478 e. The predicted molar refractivity (Wildman–Crippen MR) is 57.9 cm³/mol. The molecule has 1 heterocycles. The van der Waals surface area contributed by atoms with Gasteiger partial charge in [-0.15, -0.1) is 0 Å². The van der Waals surface area contributed by atoms with Crippen LogP contribution in [0.25, 0.3) is 10.9 Å². The Hall–Kier alpha value is -2.10. The van der Waals surface area contributed by atoms with E-state index in [9.17, 15) is 4.79 Å². The fourth-order valence-electron chi connectivity index (χ4n) is 1.49. The van der Waals surface area contributed by atoms with E-state index >= 15 is 0 Å². The van der Waals surface area contributed by atoms with Crippen molar-refractivity contribution in [1.82, 2.24) is 4.98 Å². The highest BCUT2D eigenvalue weighted by molar-refractivity contribution is 6.03. The lowest BCUT2D eigenvalue weighted by molar-refractivity contribution is 0.0698. The van der Waals surface area contributed by atoms with Gasteiger partial charge in [0.05, 0.1) is 16.8 Å². The van der Waals surface area contributed by atoms with Crippen molar-refractivity contribution in [1.29, 1.82) is 0 Å². The number of nitrogens with zero attached hydrogens (tertiary/aromatic N) is 1. The van der Waals surface area contributed by atoms with E-state index in [1.807, 2.05) is 19.1 Å². The van der Waals surface area contributed by atoms with E-state index in [1.54, 1.807) is 6.07 Å². The molecule has 0 spiro atoms. The van der Waals surface area contributed by atoms with Crippen LogP contribution in [0.2, 0.25) is 0 Å². The van der Waals surface area contributed by atoms with Crippen molar-refractivity contribution < 1.29 is 9.90 Å². The summed E-state index contributed by atoms with van der Waals surface area (Å²) in [6.07, 6.45) is 0. The van der Waals surface area contributed by atoms with Crippen LogP contribution in [0.3, 0.4) is 0 Å². The molecule has 0 amide bonds. The molecule has 0 bridgehead atoms. The SMILES string of the molecule is Cc1ccc2ccc(C(=O)O)c(N)c2n1. The van der Waals surface area contributed by atoms with E-state index < -0.39 is 5.97 Å². The van der Waals surface area contributed by atoms with Gasteiger partial charge in [-0.1, -0.05) is 12.1 Å². The number of rotatable bonds is 1. The molecule has 15 heavy (non-hydrogen) atoms. The molecule has 4 heteroatoms. The van der Waals surface area contributed by atoms with Crippen LogP contribution in [0.15, 0.2) is 24.3 Å². The number of benzene rings is 1. The van der Waals surface area contributed by atoms with E-state index in [1.165, 1.54) is 6.07 Å². The van der Waals surface area contributed by atoms with Crippen LogP contribution in [0.1, 0.15) is 16.1 Å². The van der Waals surface area contributed by atoms with Gasteiger partial charge >= 0.3 is 5.97 Å². The number of aromatic carboxylic acids is 1. The zero-order valence-electron chi connectivity index (χ0n) is 8.19. The van der Waals surface area contributed by atoms with Crippen LogP contribution in [-0.2, 0) is 0 Å². The molecule has 0 aliphatic heterocycles. The van der Waals surface area contributed by atoms with Gasteiger partial charge in [0.25, 0.3) is 0 Å². The second-order valence-electron chi connectivity index (χ2n) is 3.36. The average molecular weight is 202 g/mol. The number of hydrogen-bond donors (Lipinski definition) is 2. The van der Waals surface area contributed by atoms with Crippen LogP contribution >= 0.6 is 0 Å². The van der Waals surface area contributed by atoms with Crippen molar-refractivity contribution in [3.05, 3.63) is 35.5 Å². The summed E-state index contributed by atoms with van der Waals surface area (Å²) in [5.41, 5.74) is 7.44. The Bertz CT molecular complexity index is 550. The first-order chi connectivity index (χ1) is 7.09. The van der Waals surface area contributed by atoms with Gasteiger partial charge in [-0.3, -0.25) is 4.98 Å². The Morgan fingerprint density at radius 2 is 2.00 bits per heavy atom. The maximum atomic E-state index is 10.8. The van der Waals surface area contributed by atoms with E-state index in [0.717, 1.165) is 11.1 Å². The molecule has 0 saturated carbocycles. The Kier molecular flexibility index (Phi) is 2.04. The summed E-state index contributed by atoms with van der Waals surface area (Å²) < 4.78 is 0. The van der Waals surface area contributed by atoms with Crippen molar-refractivity contribution in [2.24, 2.45) is 0 Å². The van der Waals surface area contributed by atoms with Gasteiger partial charge in [0.15, 0.2) is 0 Å². The first-order valence-electron chi connectivity index (χ1n) is 4.48. The van der Waals surface area contributed by atoms with E-state index in [2.05, 4.69) is 4.98 Å². The molecule has 0 aliphatic carbocycles. The summed E-state index contributed by atoms with van der Waals surface area (Å²) in [7, 11) is 0. The standard InChI is InChI=1S/C11H10N2O2/c1-6-2-3-7-4-5-8(11(14)15)9(12)10(7)13-6/h2-5H,12H2,1H3,(H,14,15). The molecular formula is C11H10N2O2. The maximum absolute atomic E-state index is 10.8. The lowest BCUT2D eigenvalue weighted by Crippen LogP contribution is -2.03. The number of aromatic nitrogens is 1. The van der Waals surface area contributed by atoms with Gasteiger partial charge in [0.1, 0.15) is 0 Å². The van der Waals surface area contributed by atoms with Crippen molar-refractivity contribution in [3.8, 4) is 0 Å². The highest BCUT2D eigenvalue weighted by atomic mass is 16.4. The van der Waals surface area contributed by atoms with Gasteiger partial charge in [-0.05, 0) is 19.1 Å². The number of anilines is 1. The highest BCUT2D eigenvalue weighted by Crippen LogP contribution is 2.23. The number of nitrogen functional groups attached to an aromatic ring is 1. The molecule has 0 aliphatic rings. The molecule has 0 saturated heterocycles. The fraction of sp³-hybridized carbons (Fsp3) is 0.0909. The zero-order valence-corrected chi connectivity index (χ0v) is 8.19. The van der Waals surface area contributed by atoms with Gasteiger partial charge in [-0.25, -0.2) is 4.79 Å². The van der Waals surface area contributed by atoms with E-state index in [0.29, 0.717) is 5.52 Å². The Balaban J connectivity index is 2.82. The van der Waals surface area contributed by atoms with Gasteiger partial charge in [0.2, 0.25) is 0 Å². The first kappa shape index (κ1) is 9.45. The third-order valence-corrected chi connectivity index (χ3v) is 2.27. The summed E-state index contributed by atoms with van der Waals surface area (Å²) in [5.74, 6) is -1.03. The molecule has 3 N–H and O–H groups in total. The van der Waals surface area contributed by atoms with Crippen molar-refractivity contribution in [2.45, 2.75) is 6.92 Å². The summed E-state index contributed by atoms with van der Waals surface area (Å²) in [6.45, 7) is 1.84. The van der Waals surface area contributed by atoms with Crippen LogP contribution < -0.4 is 5.73 Å². The number of aryl methyl sites for hydroxylation is 1. The van der Waals surface area contributed by atoms with Crippen LogP contribution in [-0.4, -0.2) is 16.1 Å². The third kappa shape index (κ3) is 1.50. The highest BCUT2D eigenvalue weighted by Gasteiger charge is 2.11. The molecule has 0 radical (unpaired) electrons. The number of nitrogens with two attached hydrogens (primary N) is 1. The van der Waals surface area contributed by atoms with Crippen LogP contribution in [0.4, 0.5) is 5.69 Å². The van der Waals surface area contributed by atoms with Gasteiger partial charge in [-0.2, -0.15) is 0 Å². The topological polar surface area (TPSA) is 76.2 Å². The predicted octanol–water partition coefficient (Wildman–Crippen LogP) is 1.82. The molecule has 1 aromatic carbocycles. The molecule has 0 unspecified atom stereocenters. The number of carbonyl (C=O) groups is 1. The molecular weight excluding hydrogens is 192 g/mol. The van der Waals surface area contributed by atoms with E-state index in [-0.39, 0.29) is 11.3 Å². The lowest BCUT2D eigenvalue weighted by Gasteiger charge is -2.05. The van der Waals surface area contributed by atoms with Crippen molar-refractivity contribution in [2.75, 3.05) is 5.73 Å². The number of carboxylic acid groups (broad SMARTS) is 1. The summed E-state index contributed by atoms with van der Waals surface area (Å²) >= 11 is 0. The molecule has 4 nitrogen and oxygen atoms in total. The average Bonchev–Trinajstić information content (AvgIpc) is 2.19. The Labute approximate surface area is 86.4 Å².